The highest BCUT2D eigenvalue weighted by Crippen LogP contribution is 2.28. The fourth-order valence-electron chi connectivity index (χ4n) is 2.00. The summed E-state index contributed by atoms with van der Waals surface area (Å²) in [6.45, 7) is 5.95. The Labute approximate surface area is 129 Å². The summed E-state index contributed by atoms with van der Waals surface area (Å²) in [5, 5.41) is 8.47. The lowest BCUT2D eigenvalue weighted by atomic mass is 10.2. The van der Waals surface area contributed by atoms with Crippen molar-refractivity contribution in [3.8, 4) is 0 Å². The van der Waals surface area contributed by atoms with Crippen molar-refractivity contribution in [1.29, 1.82) is 0 Å². The van der Waals surface area contributed by atoms with Gasteiger partial charge in [-0.2, -0.15) is 5.10 Å². The number of halogens is 1. The number of nitrogens with zero attached hydrogens (tertiary/aromatic N) is 2. The fraction of sp³-hybridized carbons (Fsp3) is 0.400. The first kappa shape index (κ1) is 15.4. The molecule has 20 heavy (non-hydrogen) atoms. The summed E-state index contributed by atoms with van der Waals surface area (Å²) in [6, 6.07) is 8.61. The van der Waals surface area contributed by atoms with E-state index in [0.29, 0.717) is 0 Å². The van der Waals surface area contributed by atoms with Crippen molar-refractivity contribution in [2.24, 2.45) is 7.05 Å². The third kappa shape index (κ3) is 3.78. The van der Waals surface area contributed by atoms with Crippen molar-refractivity contribution in [2.75, 3.05) is 6.54 Å². The van der Waals surface area contributed by atoms with Gasteiger partial charge in [-0.25, -0.2) is 0 Å². The van der Waals surface area contributed by atoms with Crippen molar-refractivity contribution in [2.45, 2.75) is 31.0 Å². The Bertz CT molecular complexity index is 580. The highest BCUT2D eigenvalue weighted by atomic mass is 35.5. The van der Waals surface area contributed by atoms with Gasteiger partial charge in [-0.3, -0.25) is 4.68 Å². The van der Waals surface area contributed by atoms with E-state index in [4.69, 9.17) is 11.6 Å². The van der Waals surface area contributed by atoms with E-state index in [9.17, 15) is 0 Å². The monoisotopic (exact) mass is 309 g/mol. The van der Waals surface area contributed by atoms with Crippen LogP contribution in [0.2, 0.25) is 5.02 Å². The van der Waals surface area contributed by atoms with E-state index in [-0.39, 0.29) is 0 Å². The minimum absolute atomic E-state index is 0.781. The smallest absolute Gasteiger partial charge is 0.0855 e. The van der Waals surface area contributed by atoms with Crippen LogP contribution in [0.25, 0.3) is 0 Å². The van der Waals surface area contributed by atoms with E-state index in [1.807, 2.05) is 18.7 Å². The number of benzene rings is 1. The van der Waals surface area contributed by atoms with Gasteiger partial charge in [-0.1, -0.05) is 30.7 Å². The number of aryl methyl sites for hydroxylation is 2. The predicted octanol–water partition coefficient (Wildman–Crippen LogP) is 3.78. The third-order valence-corrected chi connectivity index (χ3v) is 4.61. The normalized spacial score (nSPS) is 11.0. The van der Waals surface area contributed by atoms with Crippen molar-refractivity contribution in [3.05, 3.63) is 46.2 Å². The van der Waals surface area contributed by atoms with Crippen molar-refractivity contribution >= 4 is 23.4 Å². The molecule has 2 aromatic rings. The summed E-state index contributed by atoms with van der Waals surface area (Å²) in [6.07, 6.45) is 0. The molecule has 108 valence electrons. The predicted molar refractivity (Wildman–Crippen MR) is 86.3 cm³/mol. The first-order valence-electron chi connectivity index (χ1n) is 6.72. The van der Waals surface area contributed by atoms with E-state index in [2.05, 4.69) is 41.6 Å². The van der Waals surface area contributed by atoms with Crippen LogP contribution in [-0.2, 0) is 19.3 Å². The lowest BCUT2D eigenvalue weighted by Gasteiger charge is -2.06. The molecule has 2 rings (SSSR count). The van der Waals surface area contributed by atoms with Crippen molar-refractivity contribution in [3.63, 3.8) is 0 Å². The van der Waals surface area contributed by atoms with E-state index in [1.165, 1.54) is 10.5 Å². The summed E-state index contributed by atoms with van der Waals surface area (Å²) < 4.78 is 1.87. The number of hydrogen-bond donors (Lipinski definition) is 1. The molecular formula is C15H20ClN3S. The van der Waals surface area contributed by atoms with Gasteiger partial charge in [0.1, 0.15) is 0 Å². The van der Waals surface area contributed by atoms with Gasteiger partial charge in [-0.15, -0.1) is 11.8 Å². The fourth-order valence-corrected chi connectivity index (χ4v) is 3.35. The molecule has 0 amide bonds. The molecule has 1 aromatic carbocycles. The van der Waals surface area contributed by atoms with Crippen LogP contribution in [0.15, 0.2) is 29.2 Å². The summed E-state index contributed by atoms with van der Waals surface area (Å²) in [5.74, 6) is 0.834. The third-order valence-electron chi connectivity index (χ3n) is 3.11. The lowest BCUT2D eigenvalue weighted by Crippen LogP contribution is -2.11. The molecule has 0 aliphatic heterocycles. The summed E-state index contributed by atoms with van der Waals surface area (Å²) in [7, 11) is 1.94. The average molecular weight is 310 g/mol. The van der Waals surface area contributed by atoms with E-state index in [1.54, 1.807) is 11.8 Å². The van der Waals surface area contributed by atoms with Gasteiger partial charge in [0.25, 0.3) is 0 Å². The molecule has 0 saturated carbocycles. The standard InChI is InChI=1S/C15H20ClN3S/c1-4-17-9-12-6-5-7-13(8-12)20-10-14-15(16)11(2)18-19(14)3/h5-8,17H,4,9-10H2,1-3H3. The second kappa shape index (κ2) is 7.16. The maximum absolute atomic E-state index is 6.27. The van der Waals surface area contributed by atoms with Gasteiger partial charge in [0.15, 0.2) is 0 Å². The van der Waals surface area contributed by atoms with Gasteiger partial charge in [0.2, 0.25) is 0 Å². The van der Waals surface area contributed by atoms with Gasteiger partial charge in [0.05, 0.1) is 16.4 Å². The van der Waals surface area contributed by atoms with Gasteiger partial charge in [0, 0.05) is 24.2 Å². The van der Waals surface area contributed by atoms with Gasteiger partial charge >= 0.3 is 0 Å². The second-order valence-corrected chi connectivity index (χ2v) is 6.11. The van der Waals surface area contributed by atoms with E-state index >= 15 is 0 Å². The van der Waals surface area contributed by atoms with Crippen molar-refractivity contribution in [1.82, 2.24) is 15.1 Å². The molecule has 1 N–H and O–H groups in total. The molecule has 0 aliphatic carbocycles. The molecule has 1 aromatic heterocycles. The van der Waals surface area contributed by atoms with Crippen LogP contribution >= 0.6 is 23.4 Å². The van der Waals surface area contributed by atoms with Crippen LogP contribution in [0, 0.1) is 6.92 Å². The van der Waals surface area contributed by atoms with Crippen LogP contribution in [0.5, 0.6) is 0 Å². The maximum Gasteiger partial charge on any atom is 0.0855 e. The molecular weight excluding hydrogens is 290 g/mol. The minimum Gasteiger partial charge on any atom is -0.313 e. The Balaban J connectivity index is 2.03. The van der Waals surface area contributed by atoms with E-state index in [0.717, 1.165) is 35.3 Å². The molecule has 5 heteroatoms. The van der Waals surface area contributed by atoms with Crippen LogP contribution in [0.3, 0.4) is 0 Å². The first-order valence-corrected chi connectivity index (χ1v) is 8.08. The molecule has 1 heterocycles. The SMILES string of the molecule is CCNCc1cccc(SCc2c(Cl)c(C)nn2C)c1. The number of thioether (sulfide) groups is 1. The molecule has 0 radical (unpaired) electrons. The molecule has 0 aliphatic rings. The minimum atomic E-state index is 0.781. The Morgan fingerprint density at radius 2 is 2.20 bits per heavy atom. The average Bonchev–Trinajstić information content (AvgIpc) is 2.68. The molecule has 3 nitrogen and oxygen atoms in total. The summed E-state index contributed by atoms with van der Waals surface area (Å²) in [4.78, 5) is 1.26. The molecule has 0 atom stereocenters. The number of hydrogen-bond acceptors (Lipinski definition) is 3. The zero-order valence-corrected chi connectivity index (χ0v) is 13.7. The maximum atomic E-state index is 6.27. The Morgan fingerprint density at radius 1 is 1.40 bits per heavy atom. The van der Waals surface area contributed by atoms with Crippen LogP contribution < -0.4 is 5.32 Å². The van der Waals surface area contributed by atoms with Gasteiger partial charge < -0.3 is 5.32 Å². The Morgan fingerprint density at radius 3 is 2.85 bits per heavy atom. The topological polar surface area (TPSA) is 29.9 Å². The van der Waals surface area contributed by atoms with Crippen LogP contribution in [-0.4, -0.2) is 16.3 Å². The zero-order chi connectivity index (χ0) is 14.5. The second-order valence-electron chi connectivity index (χ2n) is 4.69. The van der Waals surface area contributed by atoms with Crippen LogP contribution in [0.1, 0.15) is 23.9 Å². The number of rotatable bonds is 6. The lowest BCUT2D eigenvalue weighted by molar-refractivity contribution is 0.725. The Hall–Kier alpha value is -0.970. The molecule has 0 fully saturated rings. The molecule has 0 bridgehead atoms. The number of aromatic nitrogens is 2. The highest BCUT2D eigenvalue weighted by molar-refractivity contribution is 7.98. The quantitative estimate of drug-likeness (QED) is 0.824. The first-order chi connectivity index (χ1) is 9.61. The van der Waals surface area contributed by atoms with Crippen LogP contribution in [0.4, 0.5) is 0 Å². The Kier molecular flexibility index (Phi) is 5.52. The molecule has 0 unspecified atom stereocenters. The zero-order valence-electron chi connectivity index (χ0n) is 12.1. The largest absolute Gasteiger partial charge is 0.313 e. The number of nitrogens with one attached hydrogen (secondary N) is 1. The highest BCUT2D eigenvalue weighted by Gasteiger charge is 2.11. The summed E-state index contributed by atoms with van der Waals surface area (Å²) in [5.41, 5.74) is 3.28. The van der Waals surface area contributed by atoms with Gasteiger partial charge in [-0.05, 0) is 31.2 Å². The van der Waals surface area contributed by atoms with E-state index < -0.39 is 0 Å². The molecule has 0 spiro atoms. The molecule has 0 saturated heterocycles. The van der Waals surface area contributed by atoms with Crippen molar-refractivity contribution < 1.29 is 0 Å². The summed E-state index contributed by atoms with van der Waals surface area (Å²) >= 11 is 8.06.